The highest BCUT2D eigenvalue weighted by atomic mass is 15.2. The first-order valence-electron chi connectivity index (χ1n) is 22.0. The van der Waals surface area contributed by atoms with Gasteiger partial charge in [0.1, 0.15) is 0 Å². The molecule has 0 spiro atoms. The lowest BCUT2D eigenvalue weighted by Gasteiger charge is -2.29. The van der Waals surface area contributed by atoms with Gasteiger partial charge in [-0.05, 0) is 99.1 Å². The van der Waals surface area contributed by atoms with Gasteiger partial charge in [-0.15, -0.1) is 0 Å². The molecule has 300 valence electrons. The number of fused-ring (bicyclic) bond motifs is 1. The summed E-state index contributed by atoms with van der Waals surface area (Å²) in [4.78, 5) is 4.98. The van der Waals surface area contributed by atoms with Crippen LogP contribution in [0.3, 0.4) is 0 Å². The van der Waals surface area contributed by atoms with Gasteiger partial charge in [0.05, 0.1) is 5.69 Å². The van der Waals surface area contributed by atoms with E-state index in [0.29, 0.717) is 11.8 Å². The molecule has 0 aromatic heterocycles. The van der Waals surface area contributed by atoms with Gasteiger partial charge in [0.2, 0.25) is 0 Å². The maximum Gasteiger partial charge on any atom is 0.0540 e. The lowest BCUT2D eigenvalue weighted by atomic mass is 9.93. The zero-order chi connectivity index (χ0) is 42.0. The third-order valence-corrected chi connectivity index (χ3v) is 12.7. The second kappa shape index (κ2) is 16.8. The molecule has 0 radical (unpaired) electrons. The second-order valence-electron chi connectivity index (χ2n) is 16.4. The maximum absolute atomic E-state index is 2.61. The SMILES string of the molecule is C1=C[C@H]2C(C(c3cccc(-c4ccccc4)c3)=C1)C2N(c1ccccc1)c1ccccc1-c1ccc(-c2ccccc2N(c2ccccc2)c2ccc(-c3ccccc3)cc2)cc1. The van der Waals surface area contributed by atoms with Gasteiger partial charge in [0, 0.05) is 51.8 Å². The predicted molar refractivity (Wildman–Crippen MR) is 266 cm³/mol. The Balaban J connectivity index is 0.938. The second-order valence-corrected chi connectivity index (χ2v) is 16.4. The molecular formula is C61H46N2. The largest absolute Gasteiger partial charge is 0.337 e. The highest BCUT2D eigenvalue weighted by Gasteiger charge is 2.55. The van der Waals surface area contributed by atoms with Crippen LogP contribution in [0.2, 0.25) is 0 Å². The minimum atomic E-state index is 0.274. The number of anilines is 5. The van der Waals surface area contributed by atoms with Crippen molar-refractivity contribution in [1.82, 2.24) is 0 Å². The molecule has 0 bridgehead atoms. The summed E-state index contributed by atoms with van der Waals surface area (Å²) in [7, 11) is 0. The molecule has 9 aromatic carbocycles. The average Bonchev–Trinajstić information content (AvgIpc) is 4.10. The first kappa shape index (κ1) is 38.0. The van der Waals surface area contributed by atoms with E-state index in [1.165, 1.54) is 67.0 Å². The number of para-hydroxylation sites is 4. The summed E-state index contributed by atoms with van der Waals surface area (Å²) < 4.78 is 0. The van der Waals surface area contributed by atoms with Crippen molar-refractivity contribution in [2.75, 3.05) is 9.80 Å². The minimum absolute atomic E-state index is 0.274. The Morgan fingerprint density at radius 3 is 1.40 bits per heavy atom. The van der Waals surface area contributed by atoms with Gasteiger partial charge in [-0.1, -0.05) is 206 Å². The smallest absolute Gasteiger partial charge is 0.0540 e. The van der Waals surface area contributed by atoms with Crippen molar-refractivity contribution in [2.45, 2.75) is 6.04 Å². The molecule has 3 atom stereocenters. The maximum atomic E-state index is 2.61. The quantitative estimate of drug-likeness (QED) is 0.128. The van der Waals surface area contributed by atoms with Crippen LogP contribution in [0.25, 0.3) is 50.1 Å². The highest BCUT2D eigenvalue weighted by molar-refractivity contribution is 5.91. The monoisotopic (exact) mass is 806 g/mol. The number of nitrogens with zero attached hydrogens (tertiary/aromatic N) is 2. The van der Waals surface area contributed by atoms with Crippen LogP contribution < -0.4 is 9.80 Å². The molecule has 2 aliphatic carbocycles. The number of rotatable bonds is 11. The Morgan fingerprint density at radius 1 is 0.317 bits per heavy atom. The summed E-state index contributed by atoms with van der Waals surface area (Å²) in [5.74, 6) is 0.773. The van der Waals surface area contributed by atoms with Crippen LogP contribution in [0.4, 0.5) is 28.4 Å². The molecule has 2 heteroatoms. The van der Waals surface area contributed by atoms with Crippen molar-refractivity contribution in [1.29, 1.82) is 0 Å². The number of hydrogen-bond donors (Lipinski definition) is 0. The molecule has 2 nitrogen and oxygen atoms in total. The van der Waals surface area contributed by atoms with Crippen molar-refractivity contribution in [3.63, 3.8) is 0 Å². The molecule has 1 saturated carbocycles. The van der Waals surface area contributed by atoms with E-state index in [1.807, 2.05) is 0 Å². The fraction of sp³-hybridized carbons (Fsp3) is 0.0492. The molecule has 11 rings (SSSR count). The lowest BCUT2D eigenvalue weighted by Crippen LogP contribution is -2.23. The van der Waals surface area contributed by atoms with Crippen LogP contribution in [-0.4, -0.2) is 6.04 Å². The number of benzene rings is 9. The van der Waals surface area contributed by atoms with Crippen molar-refractivity contribution in [3.05, 3.63) is 266 Å². The molecule has 0 N–H and O–H groups in total. The van der Waals surface area contributed by atoms with E-state index in [9.17, 15) is 0 Å². The van der Waals surface area contributed by atoms with Crippen molar-refractivity contribution in [2.24, 2.45) is 11.8 Å². The zero-order valence-electron chi connectivity index (χ0n) is 35.0. The van der Waals surface area contributed by atoms with Gasteiger partial charge in [-0.25, -0.2) is 0 Å². The summed E-state index contributed by atoms with van der Waals surface area (Å²) in [6, 6.07) is 88.1. The first-order chi connectivity index (χ1) is 31.3. The molecule has 0 amide bonds. The standard InChI is InChI=1S/C61H46N2/c1-5-19-44(20-6-1)46-39-41-53(42-40-46)62(51-25-9-3-10-26-51)58-33-15-13-29-54(58)47-35-37-48(38-36-47)55-30-14-16-34-59(55)63(52-27-11-4-12-28-52)61-57-32-18-31-56(60(57)61)50-24-17-23-49(43-50)45-21-7-2-8-22-45/h1-43,57,60-61H/t57-,60?,61?/m0/s1. The Labute approximate surface area is 371 Å². The van der Waals surface area contributed by atoms with Gasteiger partial charge in [-0.3, -0.25) is 0 Å². The van der Waals surface area contributed by atoms with Gasteiger partial charge in [-0.2, -0.15) is 0 Å². The highest BCUT2D eigenvalue weighted by Crippen LogP contribution is 2.58. The molecule has 1 fully saturated rings. The van der Waals surface area contributed by atoms with Crippen molar-refractivity contribution >= 4 is 34.0 Å². The van der Waals surface area contributed by atoms with Crippen LogP contribution in [0.1, 0.15) is 5.56 Å². The van der Waals surface area contributed by atoms with Crippen molar-refractivity contribution in [3.8, 4) is 44.5 Å². The summed E-state index contributed by atoms with van der Waals surface area (Å²) in [5.41, 5.74) is 18.1. The van der Waals surface area contributed by atoms with Gasteiger partial charge < -0.3 is 9.80 Å². The van der Waals surface area contributed by atoms with E-state index >= 15 is 0 Å². The molecule has 63 heavy (non-hydrogen) atoms. The van der Waals surface area contributed by atoms with Gasteiger partial charge in [0.25, 0.3) is 0 Å². The normalized spacial score (nSPS) is 16.1. The van der Waals surface area contributed by atoms with Crippen LogP contribution in [0.5, 0.6) is 0 Å². The van der Waals surface area contributed by atoms with E-state index in [-0.39, 0.29) is 6.04 Å². The molecular weight excluding hydrogens is 761 g/mol. The fourth-order valence-electron chi connectivity index (χ4n) is 9.64. The lowest BCUT2D eigenvalue weighted by molar-refractivity contribution is 0.907. The van der Waals surface area contributed by atoms with E-state index in [2.05, 4.69) is 271 Å². The summed E-state index contributed by atoms with van der Waals surface area (Å²) in [6.45, 7) is 0. The third-order valence-electron chi connectivity index (χ3n) is 12.7. The third kappa shape index (κ3) is 7.47. The van der Waals surface area contributed by atoms with Gasteiger partial charge >= 0.3 is 0 Å². The average molecular weight is 807 g/mol. The molecule has 0 aliphatic heterocycles. The van der Waals surface area contributed by atoms with Crippen LogP contribution >= 0.6 is 0 Å². The summed E-state index contributed by atoms with van der Waals surface area (Å²) in [6.07, 6.45) is 7.03. The molecule has 9 aromatic rings. The van der Waals surface area contributed by atoms with Crippen LogP contribution in [-0.2, 0) is 0 Å². The predicted octanol–water partition coefficient (Wildman–Crippen LogP) is 16.2. The Hall–Kier alpha value is -7.94. The van der Waals surface area contributed by atoms with E-state index in [4.69, 9.17) is 0 Å². The molecule has 2 unspecified atom stereocenters. The summed E-state index contributed by atoms with van der Waals surface area (Å²) in [5, 5.41) is 0. The van der Waals surface area contributed by atoms with E-state index in [0.717, 1.165) is 17.1 Å². The molecule has 2 aliphatic rings. The Morgan fingerprint density at radius 2 is 0.762 bits per heavy atom. The Bertz CT molecular complexity index is 3050. The summed E-state index contributed by atoms with van der Waals surface area (Å²) >= 11 is 0. The topological polar surface area (TPSA) is 6.48 Å². The fourth-order valence-corrected chi connectivity index (χ4v) is 9.64. The zero-order valence-corrected chi connectivity index (χ0v) is 35.0. The number of allylic oxidation sites excluding steroid dienone is 2. The van der Waals surface area contributed by atoms with Crippen LogP contribution in [0, 0.1) is 11.8 Å². The van der Waals surface area contributed by atoms with Gasteiger partial charge in [0.15, 0.2) is 0 Å². The minimum Gasteiger partial charge on any atom is -0.337 e. The number of hydrogen-bond acceptors (Lipinski definition) is 2. The van der Waals surface area contributed by atoms with E-state index in [1.54, 1.807) is 0 Å². The van der Waals surface area contributed by atoms with Crippen LogP contribution in [0.15, 0.2) is 261 Å². The van der Waals surface area contributed by atoms with Crippen molar-refractivity contribution < 1.29 is 0 Å². The molecule has 0 saturated heterocycles. The molecule has 0 heterocycles. The van der Waals surface area contributed by atoms with E-state index < -0.39 is 0 Å². The Kier molecular flexibility index (Phi) is 10.2. The first-order valence-corrected chi connectivity index (χ1v) is 22.0.